The third kappa shape index (κ3) is 3.31. The van der Waals surface area contributed by atoms with Crippen LogP contribution in [0.2, 0.25) is 0 Å². The van der Waals surface area contributed by atoms with Crippen molar-refractivity contribution < 1.29 is 9.90 Å². The summed E-state index contributed by atoms with van der Waals surface area (Å²) in [7, 11) is 0. The lowest BCUT2D eigenvalue weighted by molar-refractivity contribution is 0.0702. The predicted molar refractivity (Wildman–Crippen MR) is 72.7 cm³/mol. The summed E-state index contributed by atoms with van der Waals surface area (Å²) < 4.78 is 1.01. The highest BCUT2D eigenvalue weighted by molar-refractivity contribution is 9.10. The zero-order chi connectivity index (χ0) is 12.3. The van der Waals surface area contributed by atoms with Gasteiger partial charge in [-0.1, -0.05) is 22.0 Å². The van der Waals surface area contributed by atoms with E-state index in [1.807, 2.05) is 30.3 Å². The zero-order valence-electron chi connectivity index (χ0n) is 8.81. The lowest BCUT2D eigenvalue weighted by atomic mass is 10.3. The molecule has 0 atom stereocenters. The lowest BCUT2D eigenvalue weighted by Crippen LogP contribution is -1.96. The van der Waals surface area contributed by atoms with Gasteiger partial charge in [0.15, 0.2) is 0 Å². The molecule has 0 saturated heterocycles. The van der Waals surface area contributed by atoms with Gasteiger partial charge in [-0.3, -0.25) is 0 Å². The maximum absolute atomic E-state index is 10.7. The van der Waals surface area contributed by atoms with Gasteiger partial charge in [0, 0.05) is 21.6 Å². The fourth-order valence-electron chi connectivity index (χ4n) is 1.38. The van der Waals surface area contributed by atoms with Crippen LogP contribution < -0.4 is 5.32 Å². The summed E-state index contributed by atoms with van der Waals surface area (Å²) in [5, 5.41) is 12.0. The monoisotopic (exact) mass is 311 g/mol. The summed E-state index contributed by atoms with van der Waals surface area (Å²) in [6.45, 7) is 0.633. The number of carboxylic acids is 1. The maximum Gasteiger partial charge on any atom is 0.345 e. The Morgan fingerprint density at radius 1 is 1.35 bits per heavy atom. The number of halogens is 1. The van der Waals surface area contributed by atoms with E-state index in [-0.39, 0.29) is 0 Å². The Bertz CT molecular complexity index is 539. The molecule has 0 bridgehead atoms. The number of hydrogen-bond donors (Lipinski definition) is 2. The third-order valence-electron chi connectivity index (χ3n) is 2.16. The smallest absolute Gasteiger partial charge is 0.345 e. The Balaban J connectivity index is 2.00. The highest BCUT2D eigenvalue weighted by Gasteiger charge is 2.06. The van der Waals surface area contributed by atoms with Crippen LogP contribution >= 0.6 is 27.3 Å². The first-order valence-electron chi connectivity index (χ1n) is 4.96. The van der Waals surface area contributed by atoms with Crippen molar-refractivity contribution in [3.63, 3.8) is 0 Å². The maximum atomic E-state index is 10.7. The van der Waals surface area contributed by atoms with Crippen LogP contribution in [-0.4, -0.2) is 11.1 Å². The van der Waals surface area contributed by atoms with E-state index in [1.54, 1.807) is 6.07 Å². The molecule has 0 aliphatic heterocycles. The Morgan fingerprint density at radius 3 is 2.82 bits per heavy atom. The molecule has 3 nitrogen and oxygen atoms in total. The molecule has 2 N–H and O–H groups in total. The average molecular weight is 312 g/mol. The molecule has 0 fully saturated rings. The number of hydrogen-bond acceptors (Lipinski definition) is 3. The highest BCUT2D eigenvalue weighted by Crippen LogP contribution is 2.20. The summed E-state index contributed by atoms with van der Waals surface area (Å²) in [5.41, 5.74) is 1.00. The summed E-state index contributed by atoms with van der Waals surface area (Å²) in [5.74, 6) is -0.872. The van der Waals surface area contributed by atoms with Crippen LogP contribution in [0.25, 0.3) is 0 Å². The van der Waals surface area contributed by atoms with Crippen LogP contribution in [0.5, 0.6) is 0 Å². The Labute approximate surface area is 111 Å². The van der Waals surface area contributed by atoms with E-state index in [0.717, 1.165) is 15.0 Å². The standard InChI is InChI=1S/C12H10BrNO2S/c13-8-2-1-3-9(6-8)14-7-10-4-5-11(17-10)12(15)16/h1-6,14H,7H2,(H,15,16). The van der Waals surface area contributed by atoms with Crippen molar-refractivity contribution in [2.45, 2.75) is 6.54 Å². The number of carboxylic acid groups (broad SMARTS) is 1. The quantitative estimate of drug-likeness (QED) is 0.902. The first kappa shape index (κ1) is 12.1. The van der Waals surface area contributed by atoms with Crippen molar-refractivity contribution in [1.29, 1.82) is 0 Å². The lowest BCUT2D eigenvalue weighted by Gasteiger charge is -2.04. The van der Waals surface area contributed by atoms with Gasteiger partial charge in [0.25, 0.3) is 0 Å². The van der Waals surface area contributed by atoms with Crippen LogP contribution in [0.4, 0.5) is 5.69 Å². The fourth-order valence-corrected chi connectivity index (χ4v) is 2.56. The second-order valence-corrected chi connectivity index (χ2v) is 5.52. The van der Waals surface area contributed by atoms with Gasteiger partial charge in [-0.25, -0.2) is 4.79 Å². The minimum atomic E-state index is -0.872. The number of benzene rings is 1. The molecule has 2 rings (SSSR count). The molecular formula is C12H10BrNO2S. The zero-order valence-corrected chi connectivity index (χ0v) is 11.2. The molecule has 0 aliphatic carbocycles. The molecule has 0 spiro atoms. The number of nitrogens with one attached hydrogen (secondary N) is 1. The Morgan fingerprint density at radius 2 is 2.18 bits per heavy atom. The average Bonchev–Trinajstić information content (AvgIpc) is 2.75. The minimum absolute atomic E-state index is 0.371. The molecule has 0 amide bonds. The molecule has 0 radical (unpaired) electrons. The predicted octanol–water partition coefficient (Wildman–Crippen LogP) is 3.82. The van der Waals surface area contributed by atoms with Crippen LogP contribution in [0, 0.1) is 0 Å². The van der Waals surface area contributed by atoms with Gasteiger partial charge in [0.05, 0.1) is 0 Å². The van der Waals surface area contributed by atoms with E-state index in [9.17, 15) is 4.79 Å². The molecule has 5 heteroatoms. The van der Waals surface area contributed by atoms with Gasteiger partial charge in [-0.15, -0.1) is 11.3 Å². The second kappa shape index (κ2) is 5.33. The molecule has 0 unspecified atom stereocenters. The third-order valence-corrected chi connectivity index (χ3v) is 3.73. The van der Waals surface area contributed by atoms with Gasteiger partial charge in [0.1, 0.15) is 4.88 Å². The van der Waals surface area contributed by atoms with Crippen molar-refractivity contribution in [3.05, 3.63) is 50.6 Å². The van der Waals surface area contributed by atoms with E-state index in [4.69, 9.17) is 5.11 Å². The van der Waals surface area contributed by atoms with E-state index in [2.05, 4.69) is 21.2 Å². The van der Waals surface area contributed by atoms with E-state index in [0.29, 0.717) is 11.4 Å². The van der Waals surface area contributed by atoms with Crippen molar-refractivity contribution in [2.75, 3.05) is 5.32 Å². The number of carbonyl (C=O) groups is 1. The van der Waals surface area contributed by atoms with E-state index in [1.165, 1.54) is 11.3 Å². The van der Waals surface area contributed by atoms with Crippen LogP contribution in [0.15, 0.2) is 40.9 Å². The number of anilines is 1. The summed E-state index contributed by atoms with van der Waals surface area (Å²) in [6, 6.07) is 11.3. The second-order valence-electron chi connectivity index (χ2n) is 3.44. The molecule has 0 aliphatic rings. The molecule has 17 heavy (non-hydrogen) atoms. The molecule has 88 valence electrons. The van der Waals surface area contributed by atoms with E-state index >= 15 is 0 Å². The molecule has 1 aromatic heterocycles. The number of rotatable bonds is 4. The minimum Gasteiger partial charge on any atom is -0.477 e. The number of thiophene rings is 1. The molecular weight excluding hydrogens is 302 g/mol. The Kier molecular flexibility index (Phi) is 3.81. The fraction of sp³-hybridized carbons (Fsp3) is 0.0833. The van der Waals surface area contributed by atoms with Crippen molar-refractivity contribution >= 4 is 38.9 Å². The molecule has 1 aromatic carbocycles. The van der Waals surface area contributed by atoms with Crippen LogP contribution in [-0.2, 0) is 6.54 Å². The van der Waals surface area contributed by atoms with Gasteiger partial charge < -0.3 is 10.4 Å². The van der Waals surface area contributed by atoms with Gasteiger partial charge in [-0.05, 0) is 30.3 Å². The Hall–Kier alpha value is -1.33. The van der Waals surface area contributed by atoms with Crippen molar-refractivity contribution in [3.8, 4) is 0 Å². The molecule has 2 aromatic rings. The summed E-state index contributed by atoms with van der Waals surface area (Å²) in [6.07, 6.45) is 0. The normalized spacial score (nSPS) is 10.2. The van der Waals surface area contributed by atoms with Gasteiger partial charge >= 0.3 is 5.97 Å². The first-order valence-corrected chi connectivity index (χ1v) is 6.57. The highest BCUT2D eigenvalue weighted by atomic mass is 79.9. The van der Waals surface area contributed by atoms with Crippen molar-refractivity contribution in [1.82, 2.24) is 0 Å². The topological polar surface area (TPSA) is 49.3 Å². The molecule has 1 heterocycles. The SMILES string of the molecule is O=C(O)c1ccc(CNc2cccc(Br)c2)s1. The van der Waals surface area contributed by atoms with Gasteiger partial charge in [0.2, 0.25) is 0 Å². The molecule has 0 saturated carbocycles. The summed E-state index contributed by atoms with van der Waals surface area (Å²) >= 11 is 4.69. The largest absolute Gasteiger partial charge is 0.477 e. The summed E-state index contributed by atoms with van der Waals surface area (Å²) in [4.78, 5) is 12.1. The number of aromatic carboxylic acids is 1. The van der Waals surface area contributed by atoms with Crippen LogP contribution in [0.3, 0.4) is 0 Å². The van der Waals surface area contributed by atoms with Gasteiger partial charge in [-0.2, -0.15) is 0 Å². The van der Waals surface area contributed by atoms with E-state index < -0.39 is 5.97 Å². The first-order chi connectivity index (χ1) is 8.15. The van der Waals surface area contributed by atoms with Crippen LogP contribution in [0.1, 0.15) is 14.5 Å². The van der Waals surface area contributed by atoms with Crippen molar-refractivity contribution in [2.24, 2.45) is 0 Å².